The molecule has 0 unspecified atom stereocenters. The molecule has 4 nitrogen and oxygen atoms in total. The summed E-state index contributed by atoms with van der Waals surface area (Å²) in [5.41, 5.74) is 1.04. The van der Waals surface area contributed by atoms with Crippen LogP contribution in [0, 0.1) is 5.92 Å². The van der Waals surface area contributed by atoms with Gasteiger partial charge in [-0.15, -0.1) is 0 Å². The van der Waals surface area contributed by atoms with Gasteiger partial charge in [-0.3, -0.25) is 9.78 Å². The number of nitrogens with one attached hydrogen (secondary N) is 2. The van der Waals surface area contributed by atoms with Crippen LogP contribution >= 0.6 is 0 Å². The molecular weight excluding hydrogens is 214 g/mol. The molecule has 4 heteroatoms. The van der Waals surface area contributed by atoms with Gasteiger partial charge in [0, 0.05) is 31.4 Å². The highest BCUT2D eigenvalue weighted by Gasteiger charge is 2.01. The van der Waals surface area contributed by atoms with Crippen molar-refractivity contribution in [3.63, 3.8) is 0 Å². The molecule has 1 amide bonds. The second-order valence-electron chi connectivity index (χ2n) is 4.45. The van der Waals surface area contributed by atoms with Crippen molar-refractivity contribution in [3.05, 3.63) is 30.1 Å². The Morgan fingerprint density at radius 3 is 2.88 bits per heavy atom. The van der Waals surface area contributed by atoms with Gasteiger partial charge in [0.25, 0.3) is 0 Å². The van der Waals surface area contributed by atoms with E-state index in [9.17, 15) is 4.79 Å². The summed E-state index contributed by atoms with van der Waals surface area (Å²) in [6, 6.07) is 5.86. The van der Waals surface area contributed by atoms with Gasteiger partial charge in [-0.2, -0.15) is 0 Å². The topological polar surface area (TPSA) is 54.0 Å². The second kappa shape index (κ2) is 7.79. The standard InChI is InChI=1S/C13H21N3O/c1-11(2)9-16-13(17)10-14-8-6-12-5-3-4-7-15-12/h3-5,7,11,14H,6,8-10H2,1-2H3,(H,16,17). The van der Waals surface area contributed by atoms with Crippen LogP contribution in [0.15, 0.2) is 24.4 Å². The maximum absolute atomic E-state index is 11.4. The Morgan fingerprint density at radius 1 is 1.41 bits per heavy atom. The lowest BCUT2D eigenvalue weighted by molar-refractivity contribution is -0.120. The van der Waals surface area contributed by atoms with E-state index in [0.717, 1.165) is 25.2 Å². The normalized spacial score (nSPS) is 10.5. The van der Waals surface area contributed by atoms with E-state index in [1.165, 1.54) is 0 Å². The Kier molecular flexibility index (Phi) is 6.25. The minimum absolute atomic E-state index is 0.0553. The van der Waals surface area contributed by atoms with Crippen LogP contribution in [0.1, 0.15) is 19.5 Å². The predicted molar refractivity (Wildman–Crippen MR) is 68.7 cm³/mol. The molecule has 2 N–H and O–H groups in total. The first kappa shape index (κ1) is 13.6. The van der Waals surface area contributed by atoms with Crippen molar-refractivity contribution in [3.8, 4) is 0 Å². The third kappa shape index (κ3) is 6.68. The summed E-state index contributed by atoms with van der Waals surface area (Å²) in [4.78, 5) is 15.6. The van der Waals surface area contributed by atoms with Crippen molar-refractivity contribution in [2.45, 2.75) is 20.3 Å². The Hall–Kier alpha value is -1.42. The zero-order chi connectivity index (χ0) is 12.5. The lowest BCUT2D eigenvalue weighted by Gasteiger charge is -2.08. The Morgan fingerprint density at radius 2 is 2.24 bits per heavy atom. The van der Waals surface area contributed by atoms with Gasteiger partial charge in [0.2, 0.25) is 5.91 Å². The largest absolute Gasteiger partial charge is 0.355 e. The molecule has 1 rings (SSSR count). The summed E-state index contributed by atoms with van der Waals surface area (Å²) in [6.07, 6.45) is 2.63. The fourth-order valence-electron chi connectivity index (χ4n) is 1.34. The minimum atomic E-state index is 0.0553. The van der Waals surface area contributed by atoms with Gasteiger partial charge >= 0.3 is 0 Å². The van der Waals surface area contributed by atoms with Crippen LogP contribution in [0.4, 0.5) is 0 Å². The molecule has 0 spiro atoms. The van der Waals surface area contributed by atoms with Crippen LogP contribution in [0.5, 0.6) is 0 Å². The number of pyridine rings is 1. The van der Waals surface area contributed by atoms with Crippen LogP contribution < -0.4 is 10.6 Å². The Labute approximate surface area is 103 Å². The van der Waals surface area contributed by atoms with Gasteiger partial charge in [0.15, 0.2) is 0 Å². The molecule has 0 saturated heterocycles. The zero-order valence-corrected chi connectivity index (χ0v) is 10.6. The monoisotopic (exact) mass is 235 g/mol. The van der Waals surface area contributed by atoms with Crippen LogP contribution in [0.2, 0.25) is 0 Å². The first-order valence-electron chi connectivity index (χ1n) is 6.06. The number of carbonyl (C=O) groups is 1. The summed E-state index contributed by atoms with van der Waals surface area (Å²) < 4.78 is 0. The molecule has 0 aliphatic carbocycles. The number of rotatable bonds is 7. The average Bonchev–Trinajstić information content (AvgIpc) is 2.33. The number of hydrogen-bond acceptors (Lipinski definition) is 3. The summed E-state index contributed by atoms with van der Waals surface area (Å²) in [5.74, 6) is 0.548. The van der Waals surface area contributed by atoms with Crippen LogP contribution in [0.25, 0.3) is 0 Å². The van der Waals surface area contributed by atoms with Gasteiger partial charge in [-0.1, -0.05) is 19.9 Å². The molecule has 0 aliphatic heterocycles. The fourth-order valence-corrected chi connectivity index (χ4v) is 1.34. The smallest absolute Gasteiger partial charge is 0.233 e. The summed E-state index contributed by atoms with van der Waals surface area (Å²) in [5, 5.41) is 5.97. The Bertz CT molecular complexity index is 325. The highest BCUT2D eigenvalue weighted by atomic mass is 16.1. The molecule has 0 radical (unpaired) electrons. The highest BCUT2D eigenvalue weighted by Crippen LogP contribution is 1.92. The molecule has 0 aromatic carbocycles. The van der Waals surface area contributed by atoms with Crippen molar-refractivity contribution in [2.24, 2.45) is 5.92 Å². The first-order valence-corrected chi connectivity index (χ1v) is 6.06. The van der Waals surface area contributed by atoms with Gasteiger partial charge in [-0.05, 0) is 18.1 Å². The number of carbonyl (C=O) groups excluding carboxylic acids is 1. The molecule has 0 fully saturated rings. The van der Waals surface area contributed by atoms with Gasteiger partial charge < -0.3 is 10.6 Å². The maximum Gasteiger partial charge on any atom is 0.233 e. The van der Waals surface area contributed by atoms with Crippen LogP contribution in [0.3, 0.4) is 0 Å². The lowest BCUT2D eigenvalue weighted by Crippen LogP contribution is -2.36. The van der Waals surface area contributed by atoms with E-state index in [0.29, 0.717) is 12.5 Å². The van der Waals surface area contributed by atoms with E-state index in [1.807, 2.05) is 18.2 Å². The fraction of sp³-hybridized carbons (Fsp3) is 0.538. The summed E-state index contributed by atoms with van der Waals surface area (Å²) in [7, 11) is 0. The molecule has 0 aliphatic rings. The van der Waals surface area contributed by atoms with E-state index in [2.05, 4.69) is 29.5 Å². The van der Waals surface area contributed by atoms with Gasteiger partial charge in [0.05, 0.1) is 6.54 Å². The van der Waals surface area contributed by atoms with Crippen molar-refractivity contribution < 1.29 is 4.79 Å². The molecule has 17 heavy (non-hydrogen) atoms. The first-order chi connectivity index (χ1) is 8.18. The van der Waals surface area contributed by atoms with E-state index in [4.69, 9.17) is 0 Å². The lowest BCUT2D eigenvalue weighted by atomic mass is 10.2. The van der Waals surface area contributed by atoms with E-state index < -0.39 is 0 Å². The molecule has 0 atom stereocenters. The number of nitrogens with zero attached hydrogens (tertiary/aromatic N) is 1. The van der Waals surface area contributed by atoms with Crippen molar-refractivity contribution in [1.82, 2.24) is 15.6 Å². The zero-order valence-electron chi connectivity index (χ0n) is 10.6. The molecule has 0 bridgehead atoms. The number of amides is 1. The van der Waals surface area contributed by atoms with Crippen molar-refractivity contribution in [2.75, 3.05) is 19.6 Å². The van der Waals surface area contributed by atoms with Crippen LogP contribution in [-0.4, -0.2) is 30.5 Å². The molecular formula is C13H21N3O. The van der Waals surface area contributed by atoms with E-state index in [1.54, 1.807) is 6.20 Å². The summed E-state index contributed by atoms with van der Waals surface area (Å²) >= 11 is 0. The average molecular weight is 235 g/mol. The number of aromatic nitrogens is 1. The predicted octanol–water partition coefficient (Wildman–Crippen LogP) is 0.986. The maximum atomic E-state index is 11.4. The molecule has 94 valence electrons. The SMILES string of the molecule is CC(C)CNC(=O)CNCCc1ccccn1. The van der Waals surface area contributed by atoms with Crippen molar-refractivity contribution >= 4 is 5.91 Å². The van der Waals surface area contributed by atoms with Crippen molar-refractivity contribution in [1.29, 1.82) is 0 Å². The minimum Gasteiger partial charge on any atom is -0.355 e. The second-order valence-corrected chi connectivity index (χ2v) is 4.45. The highest BCUT2D eigenvalue weighted by molar-refractivity contribution is 5.77. The molecule has 1 aromatic rings. The van der Waals surface area contributed by atoms with Gasteiger partial charge in [0.1, 0.15) is 0 Å². The van der Waals surface area contributed by atoms with Crippen LogP contribution in [-0.2, 0) is 11.2 Å². The quantitative estimate of drug-likeness (QED) is 0.693. The molecule has 1 heterocycles. The molecule has 0 saturated carbocycles. The van der Waals surface area contributed by atoms with E-state index >= 15 is 0 Å². The summed E-state index contributed by atoms with van der Waals surface area (Å²) in [6.45, 7) is 6.04. The third-order valence-electron chi connectivity index (χ3n) is 2.28. The van der Waals surface area contributed by atoms with Gasteiger partial charge in [-0.25, -0.2) is 0 Å². The Balaban J connectivity index is 2.06. The number of hydrogen-bond donors (Lipinski definition) is 2. The van der Waals surface area contributed by atoms with E-state index in [-0.39, 0.29) is 5.91 Å². The third-order valence-corrected chi connectivity index (χ3v) is 2.28. The molecule has 1 aromatic heterocycles.